The van der Waals surface area contributed by atoms with Crippen molar-refractivity contribution in [2.24, 2.45) is 11.3 Å². The third-order valence-electron chi connectivity index (χ3n) is 7.31. The van der Waals surface area contributed by atoms with Crippen LogP contribution in [0.4, 0.5) is 0 Å². The Kier molecular flexibility index (Phi) is 7.46. The number of pyridine rings is 1. The lowest BCUT2D eigenvalue weighted by molar-refractivity contribution is -0.142. The number of hydrogen-bond acceptors (Lipinski definition) is 3. The molecule has 4 rings (SSSR count). The molecule has 0 radical (unpaired) electrons. The Morgan fingerprint density at radius 2 is 1.82 bits per heavy atom. The summed E-state index contributed by atoms with van der Waals surface area (Å²) in [6.45, 7) is 5.26. The Morgan fingerprint density at radius 1 is 1.09 bits per heavy atom. The summed E-state index contributed by atoms with van der Waals surface area (Å²) in [5.41, 5.74) is 2.76. The van der Waals surface area contributed by atoms with Crippen molar-refractivity contribution in [3.63, 3.8) is 0 Å². The fourth-order valence-electron chi connectivity index (χ4n) is 5.61. The predicted molar refractivity (Wildman–Crippen MR) is 131 cm³/mol. The van der Waals surface area contributed by atoms with Gasteiger partial charge in [0.2, 0.25) is 11.8 Å². The van der Waals surface area contributed by atoms with E-state index in [0.717, 1.165) is 48.9 Å². The van der Waals surface area contributed by atoms with Crippen LogP contribution in [0, 0.1) is 11.3 Å². The third kappa shape index (κ3) is 5.63. The summed E-state index contributed by atoms with van der Waals surface area (Å²) in [6.07, 6.45) is 11.3. The summed E-state index contributed by atoms with van der Waals surface area (Å²) in [7, 11) is 0. The summed E-state index contributed by atoms with van der Waals surface area (Å²) in [5, 5.41) is 3.18. The second-order valence-electron chi connectivity index (χ2n) is 10.3. The quantitative estimate of drug-likeness (QED) is 0.649. The highest BCUT2D eigenvalue weighted by Crippen LogP contribution is 2.38. The van der Waals surface area contributed by atoms with Crippen LogP contribution >= 0.6 is 0 Å². The number of nitrogens with zero attached hydrogens (tertiary/aromatic N) is 2. The van der Waals surface area contributed by atoms with Crippen molar-refractivity contribution in [1.29, 1.82) is 0 Å². The third-order valence-corrected chi connectivity index (χ3v) is 7.31. The van der Waals surface area contributed by atoms with E-state index < -0.39 is 5.41 Å². The second kappa shape index (κ2) is 10.5. The van der Waals surface area contributed by atoms with Gasteiger partial charge in [-0.3, -0.25) is 14.6 Å². The lowest BCUT2D eigenvalue weighted by Gasteiger charge is -2.43. The van der Waals surface area contributed by atoms with E-state index in [1.54, 1.807) is 12.4 Å². The van der Waals surface area contributed by atoms with Gasteiger partial charge in [-0.25, -0.2) is 0 Å². The number of hydrogen-bond donors (Lipinski definition) is 1. The fourth-order valence-corrected chi connectivity index (χ4v) is 5.61. The van der Waals surface area contributed by atoms with Crippen molar-refractivity contribution in [3.05, 3.63) is 54.4 Å². The fraction of sp³-hybridized carbons (Fsp3) is 0.536. The zero-order valence-electron chi connectivity index (χ0n) is 20.1. The summed E-state index contributed by atoms with van der Waals surface area (Å²) in [4.78, 5) is 33.0. The highest BCUT2D eigenvalue weighted by Gasteiger charge is 2.44. The molecule has 1 atom stereocenters. The van der Waals surface area contributed by atoms with E-state index in [9.17, 15) is 9.59 Å². The molecule has 5 heteroatoms. The molecule has 2 heterocycles. The molecule has 0 spiro atoms. The number of amides is 2. The normalized spacial score (nSPS) is 21.4. The maximum absolute atomic E-state index is 13.6. The first-order valence-electron chi connectivity index (χ1n) is 12.5. The monoisotopic (exact) mass is 447 g/mol. The highest BCUT2D eigenvalue weighted by atomic mass is 16.2. The molecular weight excluding hydrogens is 410 g/mol. The van der Waals surface area contributed by atoms with Gasteiger partial charge in [-0.15, -0.1) is 0 Å². The minimum atomic E-state index is -0.614. The van der Waals surface area contributed by atoms with Gasteiger partial charge < -0.3 is 10.2 Å². The van der Waals surface area contributed by atoms with Crippen molar-refractivity contribution in [2.45, 2.75) is 71.3 Å². The second-order valence-corrected chi connectivity index (χ2v) is 10.3. The standard InChI is InChI=1S/C28H37N3O2/c1-21(2)30-27(33)28(14-7-17-31(20-28)26(32)18-22-8-3-4-9-22)19-24-10-5-6-11-25(24)23-12-15-29-16-13-23/h5-6,10-13,15-16,21-22H,3-4,7-9,14,17-20H2,1-2H3,(H,30,33). The average molecular weight is 448 g/mol. The van der Waals surface area contributed by atoms with Crippen LogP contribution in [0.3, 0.4) is 0 Å². The van der Waals surface area contributed by atoms with Crippen molar-refractivity contribution in [3.8, 4) is 11.1 Å². The minimum Gasteiger partial charge on any atom is -0.353 e. The number of aromatic nitrogens is 1. The molecule has 1 N–H and O–H groups in total. The van der Waals surface area contributed by atoms with E-state index in [1.165, 1.54) is 12.8 Å². The SMILES string of the molecule is CC(C)NC(=O)C1(Cc2ccccc2-c2ccncc2)CCCN(C(=O)CC2CCCC2)C1. The number of carbonyl (C=O) groups is 2. The average Bonchev–Trinajstić information content (AvgIpc) is 3.33. The summed E-state index contributed by atoms with van der Waals surface area (Å²) in [6, 6.07) is 12.4. The minimum absolute atomic E-state index is 0.0642. The topological polar surface area (TPSA) is 62.3 Å². The molecule has 33 heavy (non-hydrogen) atoms. The maximum atomic E-state index is 13.6. The number of carbonyl (C=O) groups excluding carboxylic acids is 2. The number of likely N-dealkylation sites (tertiary alicyclic amines) is 1. The molecule has 1 aliphatic carbocycles. The van der Waals surface area contributed by atoms with Gasteiger partial charge in [-0.05, 0) is 80.7 Å². The van der Waals surface area contributed by atoms with E-state index in [1.807, 2.05) is 43.0 Å². The van der Waals surface area contributed by atoms with Crippen LogP contribution in [0.5, 0.6) is 0 Å². The molecule has 2 aromatic rings. The maximum Gasteiger partial charge on any atom is 0.228 e. The predicted octanol–water partition coefficient (Wildman–Crippen LogP) is 5.00. The van der Waals surface area contributed by atoms with E-state index in [0.29, 0.717) is 25.3 Å². The van der Waals surface area contributed by atoms with Gasteiger partial charge in [-0.1, -0.05) is 37.1 Å². The van der Waals surface area contributed by atoms with Crippen LogP contribution in [-0.4, -0.2) is 40.8 Å². The molecule has 2 aliphatic rings. The molecule has 0 bridgehead atoms. The molecule has 1 saturated carbocycles. The molecule has 2 fully saturated rings. The molecular formula is C28H37N3O2. The van der Waals surface area contributed by atoms with E-state index >= 15 is 0 Å². The first-order chi connectivity index (χ1) is 16.0. The van der Waals surface area contributed by atoms with E-state index in [-0.39, 0.29) is 17.9 Å². The Morgan fingerprint density at radius 3 is 2.55 bits per heavy atom. The largest absolute Gasteiger partial charge is 0.353 e. The van der Waals surface area contributed by atoms with Crippen molar-refractivity contribution < 1.29 is 9.59 Å². The number of benzene rings is 1. The number of piperidine rings is 1. The molecule has 5 nitrogen and oxygen atoms in total. The molecule has 1 aromatic heterocycles. The van der Waals surface area contributed by atoms with Crippen molar-refractivity contribution in [2.75, 3.05) is 13.1 Å². The molecule has 1 aliphatic heterocycles. The van der Waals surface area contributed by atoms with Crippen LogP contribution in [-0.2, 0) is 16.0 Å². The first-order valence-corrected chi connectivity index (χ1v) is 12.5. The molecule has 2 amide bonds. The summed E-state index contributed by atoms with van der Waals surface area (Å²) >= 11 is 0. The Labute approximate surface area is 198 Å². The molecule has 176 valence electrons. The molecule has 1 unspecified atom stereocenters. The molecule has 1 aromatic carbocycles. The van der Waals surface area contributed by atoms with E-state index in [2.05, 4.69) is 22.4 Å². The number of nitrogens with one attached hydrogen (secondary N) is 1. The first kappa shape index (κ1) is 23.5. The highest BCUT2D eigenvalue weighted by molar-refractivity contribution is 5.85. The lowest BCUT2D eigenvalue weighted by Crippen LogP contribution is -2.55. The smallest absolute Gasteiger partial charge is 0.228 e. The van der Waals surface area contributed by atoms with Gasteiger partial charge in [0.05, 0.1) is 5.41 Å². The van der Waals surface area contributed by atoms with Gasteiger partial charge in [0, 0.05) is 37.9 Å². The lowest BCUT2D eigenvalue weighted by atomic mass is 9.73. The van der Waals surface area contributed by atoms with E-state index in [4.69, 9.17) is 0 Å². The Balaban J connectivity index is 1.61. The van der Waals surface area contributed by atoms with Gasteiger partial charge in [0.25, 0.3) is 0 Å². The summed E-state index contributed by atoms with van der Waals surface area (Å²) < 4.78 is 0. The summed E-state index contributed by atoms with van der Waals surface area (Å²) in [5.74, 6) is 0.817. The van der Waals surface area contributed by atoms with Gasteiger partial charge in [0.1, 0.15) is 0 Å². The van der Waals surface area contributed by atoms with Crippen LogP contribution < -0.4 is 5.32 Å². The van der Waals surface area contributed by atoms with Gasteiger partial charge in [0.15, 0.2) is 0 Å². The zero-order valence-corrected chi connectivity index (χ0v) is 20.1. The number of rotatable bonds is 7. The van der Waals surface area contributed by atoms with Gasteiger partial charge >= 0.3 is 0 Å². The van der Waals surface area contributed by atoms with Gasteiger partial charge in [-0.2, -0.15) is 0 Å². The Hall–Kier alpha value is -2.69. The van der Waals surface area contributed by atoms with Crippen LogP contribution in [0.1, 0.15) is 64.4 Å². The van der Waals surface area contributed by atoms with Crippen molar-refractivity contribution in [1.82, 2.24) is 15.2 Å². The van der Waals surface area contributed by atoms with Crippen LogP contribution in [0.15, 0.2) is 48.8 Å². The van der Waals surface area contributed by atoms with Crippen LogP contribution in [0.2, 0.25) is 0 Å². The molecule has 1 saturated heterocycles. The van der Waals surface area contributed by atoms with Crippen molar-refractivity contribution >= 4 is 11.8 Å². The van der Waals surface area contributed by atoms with Crippen LogP contribution in [0.25, 0.3) is 11.1 Å². The Bertz CT molecular complexity index is 953. The zero-order chi connectivity index (χ0) is 23.3.